The quantitative estimate of drug-likeness (QED) is 0.172. The number of rotatable bonds is 5. The lowest BCUT2D eigenvalue weighted by atomic mass is 9.90. The average Bonchev–Trinajstić information content (AvgIpc) is 3.23. The molecule has 0 bridgehead atoms. The maximum absolute atomic E-state index is 5.08. The Balaban J connectivity index is 1.14. The van der Waals surface area contributed by atoms with E-state index in [4.69, 9.17) is 15.0 Å². The highest BCUT2D eigenvalue weighted by Crippen LogP contribution is 2.40. The van der Waals surface area contributed by atoms with Crippen LogP contribution in [0.4, 0.5) is 0 Å². The maximum atomic E-state index is 5.08. The highest BCUT2D eigenvalue weighted by Gasteiger charge is 2.15. The molecule has 0 aliphatic rings. The number of fused-ring (bicyclic) bond motifs is 6. The monoisotopic (exact) mass is 661 g/mol. The molecule has 0 saturated carbocycles. The third-order valence-electron chi connectivity index (χ3n) is 10.1. The van der Waals surface area contributed by atoms with Gasteiger partial charge in [-0.2, -0.15) is 0 Å². The highest BCUT2D eigenvalue weighted by atomic mass is 15.0. The summed E-state index contributed by atoms with van der Waals surface area (Å²) >= 11 is 0. The van der Waals surface area contributed by atoms with Gasteiger partial charge in [-0.25, -0.2) is 15.0 Å². The van der Waals surface area contributed by atoms with E-state index in [1.807, 2.05) is 30.3 Å². The second-order valence-corrected chi connectivity index (χ2v) is 13.2. The first-order chi connectivity index (χ1) is 25.7. The predicted molar refractivity (Wildman–Crippen MR) is 217 cm³/mol. The molecule has 0 radical (unpaired) electrons. The van der Waals surface area contributed by atoms with Gasteiger partial charge in [0.15, 0.2) is 17.5 Å². The smallest absolute Gasteiger partial charge is 0.164 e. The molecule has 0 unspecified atom stereocenters. The van der Waals surface area contributed by atoms with Crippen LogP contribution in [0.5, 0.6) is 0 Å². The van der Waals surface area contributed by atoms with Crippen LogP contribution in [0.25, 0.3) is 99.5 Å². The van der Waals surface area contributed by atoms with Gasteiger partial charge in [-0.15, -0.1) is 0 Å². The zero-order valence-electron chi connectivity index (χ0n) is 28.2. The Morgan fingerprint density at radius 2 is 0.731 bits per heavy atom. The minimum Gasteiger partial charge on any atom is -0.208 e. The van der Waals surface area contributed by atoms with E-state index in [1.54, 1.807) is 0 Å². The molecule has 10 rings (SSSR count). The number of aromatic nitrogens is 3. The summed E-state index contributed by atoms with van der Waals surface area (Å²) in [6, 6.07) is 66.6. The molecule has 3 nitrogen and oxygen atoms in total. The SMILES string of the molecule is c1ccc(-c2nc(-c3cccc(-c4ccc5ccc6ccc7cccc(-c8ccccc8)c7c6c5c4)c3)nc(-c3ccc4ccccc4c3)n2)cc1. The fraction of sp³-hybridized carbons (Fsp3) is 0. The molecule has 10 aromatic rings. The second-order valence-electron chi connectivity index (χ2n) is 13.2. The van der Waals surface area contributed by atoms with Crippen molar-refractivity contribution in [1.29, 1.82) is 0 Å². The van der Waals surface area contributed by atoms with E-state index >= 15 is 0 Å². The summed E-state index contributed by atoms with van der Waals surface area (Å²) in [6.07, 6.45) is 0. The largest absolute Gasteiger partial charge is 0.208 e. The summed E-state index contributed by atoms with van der Waals surface area (Å²) in [5.41, 5.74) is 7.56. The van der Waals surface area contributed by atoms with Crippen LogP contribution < -0.4 is 0 Å². The topological polar surface area (TPSA) is 38.7 Å². The van der Waals surface area contributed by atoms with Crippen LogP contribution >= 0.6 is 0 Å². The van der Waals surface area contributed by atoms with E-state index in [2.05, 4.69) is 158 Å². The van der Waals surface area contributed by atoms with Gasteiger partial charge in [-0.1, -0.05) is 170 Å². The van der Waals surface area contributed by atoms with Crippen LogP contribution in [0.1, 0.15) is 0 Å². The van der Waals surface area contributed by atoms with Gasteiger partial charge in [0.25, 0.3) is 0 Å². The highest BCUT2D eigenvalue weighted by molar-refractivity contribution is 6.24. The van der Waals surface area contributed by atoms with Crippen LogP contribution in [0.3, 0.4) is 0 Å². The van der Waals surface area contributed by atoms with Gasteiger partial charge in [-0.05, 0) is 83.5 Å². The summed E-state index contributed by atoms with van der Waals surface area (Å²) in [5, 5.41) is 9.81. The maximum Gasteiger partial charge on any atom is 0.164 e. The van der Waals surface area contributed by atoms with Crippen molar-refractivity contribution in [2.45, 2.75) is 0 Å². The number of hydrogen-bond acceptors (Lipinski definition) is 3. The molecule has 0 saturated heterocycles. The number of hydrogen-bond donors (Lipinski definition) is 0. The van der Waals surface area contributed by atoms with E-state index in [1.165, 1.54) is 48.8 Å². The molecule has 0 amide bonds. The Bertz CT molecular complexity index is 2950. The molecular formula is C49H31N3. The van der Waals surface area contributed by atoms with Crippen LogP contribution in [0.15, 0.2) is 188 Å². The van der Waals surface area contributed by atoms with Crippen molar-refractivity contribution in [3.8, 4) is 56.4 Å². The van der Waals surface area contributed by atoms with Crippen LogP contribution in [-0.2, 0) is 0 Å². The van der Waals surface area contributed by atoms with Gasteiger partial charge in [0.05, 0.1) is 0 Å². The molecule has 3 heteroatoms. The van der Waals surface area contributed by atoms with E-state index in [-0.39, 0.29) is 0 Å². The molecule has 0 aliphatic heterocycles. The predicted octanol–water partition coefficient (Wildman–Crippen LogP) is 12.8. The summed E-state index contributed by atoms with van der Waals surface area (Å²) in [4.78, 5) is 15.1. The lowest BCUT2D eigenvalue weighted by Gasteiger charge is -2.14. The van der Waals surface area contributed by atoms with E-state index in [0.717, 1.165) is 33.2 Å². The summed E-state index contributed by atoms with van der Waals surface area (Å²) in [6.45, 7) is 0. The van der Waals surface area contributed by atoms with Crippen molar-refractivity contribution >= 4 is 43.1 Å². The number of benzene rings is 9. The van der Waals surface area contributed by atoms with Crippen molar-refractivity contribution in [2.75, 3.05) is 0 Å². The van der Waals surface area contributed by atoms with Gasteiger partial charge in [0, 0.05) is 16.7 Å². The first-order valence-corrected chi connectivity index (χ1v) is 17.6. The van der Waals surface area contributed by atoms with E-state index in [9.17, 15) is 0 Å². The lowest BCUT2D eigenvalue weighted by Crippen LogP contribution is -2.00. The van der Waals surface area contributed by atoms with Crippen LogP contribution in [-0.4, -0.2) is 15.0 Å². The zero-order chi connectivity index (χ0) is 34.4. The van der Waals surface area contributed by atoms with Gasteiger partial charge in [0.2, 0.25) is 0 Å². The second kappa shape index (κ2) is 12.4. The van der Waals surface area contributed by atoms with Crippen molar-refractivity contribution in [3.05, 3.63) is 188 Å². The molecule has 0 N–H and O–H groups in total. The summed E-state index contributed by atoms with van der Waals surface area (Å²) in [7, 11) is 0. The third kappa shape index (κ3) is 5.28. The fourth-order valence-electron chi connectivity index (χ4n) is 7.48. The van der Waals surface area contributed by atoms with Gasteiger partial charge in [0.1, 0.15) is 0 Å². The van der Waals surface area contributed by atoms with Crippen LogP contribution in [0, 0.1) is 0 Å². The van der Waals surface area contributed by atoms with Crippen molar-refractivity contribution < 1.29 is 0 Å². The molecular weight excluding hydrogens is 631 g/mol. The Labute approximate surface area is 301 Å². The Hall–Kier alpha value is -6.97. The summed E-state index contributed by atoms with van der Waals surface area (Å²) < 4.78 is 0. The third-order valence-corrected chi connectivity index (χ3v) is 10.1. The standard InChI is InChI=1S/C49H31N3/c1-3-12-33(13-4-1)43-20-10-17-35-25-26-36-24-22-34-23-27-40(31-44(34)46(36)45(35)43)39-18-9-19-41(30-39)48-50-47(37-14-5-2-6-15-37)51-49(52-48)42-28-21-32-11-7-8-16-38(32)29-42/h1-31H. The van der Waals surface area contributed by atoms with E-state index < -0.39 is 0 Å². The zero-order valence-corrected chi connectivity index (χ0v) is 28.2. The molecule has 1 aromatic heterocycles. The molecule has 242 valence electrons. The van der Waals surface area contributed by atoms with Crippen LogP contribution in [0.2, 0.25) is 0 Å². The molecule has 1 heterocycles. The lowest BCUT2D eigenvalue weighted by molar-refractivity contribution is 1.07. The van der Waals surface area contributed by atoms with Crippen molar-refractivity contribution in [1.82, 2.24) is 15.0 Å². The summed E-state index contributed by atoms with van der Waals surface area (Å²) in [5.74, 6) is 1.94. The van der Waals surface area contributed by atoms with E-state index in [0.29, 0.717) is 17.5 Å². The molecule has 0 spiro atoms. The fourth-order valence-corrected chi connectivity index (χ4v) is 7.48. The molecule has 0 aliphatic carbocycles. The Morgan fingerprint density at radius 3 is 1.50 bits per heavy atom. The minimum absolute atomic E-state index is 0.642. The van der Waals surface area contributed by atoms with Gasteiger partial charge < -0.3 is 0 Å². The van der Waals surface area contributed by atoms with Gasteiger partial charge >= 0.3 is 0 Å². The van der Waals surface area contributed by atoms with Gasteiger partial charge in [-0.3, -0.25) is 0 Å². The average molecular weight is 662 g/mol. The molecule has 52 heavy (non-hydrogen) atoms. The first kappa shape index (κ1) is 29.9. The number of nitrogens with zero attached hydrogens (tertiary/aromatic N) is 3. The normalized spacial score (nSPS) is 11.5. The van der Waals surface area contributed by atoms with Crippen molar-refractivity contribution in [3.63, 3.8) is 0 Å². The van der Waals surface area contributed by atoms with Crippen molar-refractivity contribution in [2.24, 2.45) is 0 Å². The first-order valence-electron chi connectivity index (χ1n) is 17.6. The molecule has 9 aromatic carbocycles. The molecule has 0 atom stereocenters. The Morgan fingerprint density at radius 1 is 0.250 bits per heavy atom. The Kier molecular flexibility index (Phi) is 7.14. The minimum atomic E-state index is 0.642. The molecule has 0 fully saturated rings.